The van der Waals surface area contributed by atoms with E-state index in [-0.39, 0.29) is 54.1 Å². The third-order valence-corrected chi connectivity index (χ3v) is 12.6. The fourth-order valence-electron chi connectivity index (χ4n) is 9.05. The van der Waals surface area contributed by atoms with Gasteiger partial charge in [-0.3, -0.25) is 39.6 Å². The van der Waals surface area contributed by atoms with Crippen molar-refractivity contribution < 1.29 is 37.5 Å². The first-order chi connectivity index (χ1) is 29.8. The summed E-state index contributed by atoms with van der Waals surface area (Å²) in [4.78, 5) is 78.8. The second kappa shape index (κ2) is 18.2. The molecule has 8 rings (SSSR count). The van der Waals surface area contributed by atoms with Gasteiger partial charge in [0.2, 0.25) is 17.8 Å². The van der Waals surface area contributed by atoms with Crippen LogP contribution in [0.2, 0.25) is 0 Å². The number of benzene rings is 2. The van der Waals surface area contributed by atoms with Crippen molar-refractivity contribution in [3.05, 3.63) is 59.8 Å². The number of rotatable bonds is 12. The Labute approximate surface area is 358 Å². The molecule has 1 saturated carbocycles. The third kappa shape index (κ3) is 9.42. The highest BCUT2D eigenvalue weighted by Crippen LogP contribution is 2.40. The SMILES string of the molecule is COc1cc(C(=O)NN2CCC(CCN3CCN(c4cccc(C(=O)NC5CCC(=O)NC5=O)c4)CC3)C2)ccc1Nc1ncc2c(n1)N(C1CCCC1)CC(F)(F)C(=O)N2C. The molecule has 3 aromatic rings. The summed E-state index contributed by atoms with van der Waals surface area (Å²) in [6.07, 6.45) is 7.11. The number of imide groups is 1. The lowest BCUT2D eigenvalue weighted by molar-refractivity contribution is -0.140. The maximum Gasteiger partial charge on any atom is 0.342 e. The molecule has 1 aromatic heterocycles. The Balaban J connectivity index is 0.808. The molecule has 4 fully saturated rings. The van der Waals surface area contributed by atoms with Gasteiger partial charge in [-0.25, -0.2) is 9.99 Å². The molecule has 62 heavy (non-hydrogen) atoms. The van der Waals surface area contributed by atoms with E-state index in [0.29, 0.717) is 28.5 Å². The largest absolute Gasteiger partial charge is 0.495 e. The number of ether oxygens (including phenoxy) is 1. The Kier molecular flexibility index (Phi) is 12.5. The van der Waals surface area contributed by atoms with Gasteiger partial charge >= 0.3 is 5.92 Å². The van der Waals surface area contributed by atoms with Gasteiger partial charge in [0, 0.05) is 75.6 Å². The highest BCUT2D eigenvalue weighted by atomic mass is 19.3. The Bertz CT molecular complexity index is 2200. The molecule has 2 unspecified atom stereocenters. The van der Waals surface area contributed by atoms with Crippen LogP contribution in [0.1, 0.15) is 72.1 Å². The number of hydrogen-bond donors (Lipinski definition) is 4. The average molecular weight is 858 g/mol. The maximum atomic E-state index is 15.0. The minimum absolute atomic E-state index is 0.138. The van der Waals surface area contributed by atoms with Crippen LogP contribution in [0.4, 0.5) is 37.6 Å². The number of aromatic nitrogens is 2. The lowest BCUT2D eigenvalue weighted by Gasteiger charge is -2.36. The predicted octanol–water partition coefficient (Wildman–Crippen LogP) is 3.30. The summed E-state index contributed by atoms with van der Waals surface area (Å²) in [5.41, 5.74) is 5.54. The van der Waals surface area contributed by atoms with Crippen LogP contribution in [-0.4, -0.2) is 134 Å². The average Bonchev–Trinajstić information content (AvgIpc) is 3.97. The molecule has 1 aliphatic carbocycles. The zero-order chi connectivity index (χ0) is 43.5. The number of nitrogens with one attached hydrogen (secondary N) is 4. The van der Waals surface area contributed by atoms with Crippen molar-refractivity contribution in [3.8, 4) is 5.75 Å². The van der Waals surface area contributed by atoms with E-state index in [4.69, 9.17) is 4.74 Å². The summed E-state index contributed by atoms with van der Waals surface area (Å²) in [5, 5.41) is 10.1. The number of hydrazine groups is 1. The van der Waals surface area contributed by atoms with E-state index in [1.165, 1.54) is 20.4 Å². The van der Waals surface area contributed by atoms with Gasteiger partial charge in [0.15, 0.2) is 5.82 Å². The molecule has 5 amide bonds. The minimum atomic E-state index is -3.58. The van der Waals surface area contributed by atoms with Gasteiger partial charge in [-0.05, 0) is 81.0 Å². The van der Waals surface area contributed by atoms with Gasteiger partial charge in [-0.1, -0.05) is 18.9 Å². The third-order valence-electron chi connectivity index (χ3n) is 12.6. The monoisotopic (exact) mass is 857 g/mol. The molecule has 4 N–H and O–H groups in total. The Hall–Kier alpha value is -5.95. The number of methoxy groups -OCH3 is 1. The van der Waals surface area contributed by atoms with Crippen LogP contribution in [0.15, 0.2) is 48.7 Å². The van der Waals surface area contributed by atoms with Crippen molar-refractivity contribution in [2.24, 2.45) is 5.92 Å². The second-order valence-corrected chi connectivity index (χ2v) is 16.8. The van der Waals surface area contributed by atoms with Crippen molar-refractivity contribution >= 4 is 58.4 Å². The fraction of sp³-hybridized carbons (Fsp3) is 0.512. The standard InChI is InChI=1S/C43H53F2N11O6/c1-52-34-24-46-42(50-37(34)56(30-7-3-4-8-30)26-43(44,45)41(52)61)48-32-11-10-29(23-35(32)62-2)39(59)51-55-17-15-27(25-55)14-16-53-18-20-54(21-19-53)31-9-5-6-28(22-31)38(58)47-33-12-13-36(57)49-40(33)60/h5-6,9-11,22-24,27,30,33H,3-4,7-8,12-21,25-26H2,1-2H3,(H,47,58)(H,51,59)(H,46,48,50)(H,49,57,60). The zero-order valence-electron chi connectivity index (χ0n) is 35.0. The number of amides is 5. The molecule has 2 atom stereocenters. The number of alkyl halides is 2. The molecular formula is C43H53F2N11O6. The first-order valence-electron chi connectivity index (χ1n) is 21.4. The van der Waals surface area contributed by atoms with Gasteiger partial charge in [0.05, 0.1) is 25.5 Å². The first kappa shape index (κ1) is 42.7. The van der Waals surface area contributed by atoms with E-state index in [2.05, 4.69) is 41.1 Å². The zero-order valence-corrected chi connectivity index (χ0v) is 35.0. The molecule has 3 saturated heterocycles. The van der Waals surface area contributed by atoms with Crippen molar-refractivity contribution in [2.75, 3.05) is 86.5 Å². The number of piperazine rings is 1. The van der Waals surface area contributed by atoms with Crippen molar-refractivity contribution in [2.45, 2.75) is 69.4 Å². The second-order valence-electron chi connectivity index (χ2n) is 16.8. The number of anilines is 5. The van der Waals surface area contributed by atoms with Gasteiger partial charge in [-0.2, -0.15) is 13.8 Å². The van der Waals surface area contributed by atoms with E-state index in [9.17, 15) is 24.0 Å². The van der Waals surface area contributed by atoms with Crippen LogP contribution in [0.3, 0.4) is 0 Å². The Morgan fingerprint density at radius 1 is 0.952 bits per heavy atom. The first-order valence-corrected chi connectivity index (χ1v) is 21.4. The van der Waals surface area contributed by atoms with Crippen molar-refractivity contribution in [1.82, 2.24) is 35.9 Å². The number of carbonyl (C=O) groups is 5. The van der Waals surface area contributed by atoms with Gasteiger partial charge in [0.1, 0.15) is 17.5 Å². The van der Waals surface area contributed by atoms with Crippen molar-refractivity contribution in [3.63, 3.8) is 0 Å². The highest BCUT2D eigenvalue weighted by Gasteiger charge is 2.49. The molecule has 330 valence electrons. The molecule has 0 spiro atoms. The minimum Gasteiger partial charge on any atom is -0.495 e. The molecule has 4 aliphatic heterocycles. The number of piperidine rings is 1. The van der Waals surface area contributed by atoms with E-state index in [1.54, 1.807) is 29.2 Å². The Morgan fingerprint density at radius 2 is 1.73 bits per heavy atom. The molecule has 2 aromatic carbocycles. The number of halogens is 2. The van der Waals surface area contributed by atoms with Crippen LogP contribution in [-0.2, 0) is 14.4 Å². The number of hydrogen-bond acceptors (Lipinski definition) is 13. The van der Waals surface area contributed by atoms with E-state index >= 15 is 8.78 Å². The highest BCUT2D eigenvalue weighted by molar-refractivity contribution is 6.04. The summed E-state index contributed by atoms with van der Waals surface area (Å²) in [6, 6.07) is 11.5. The van der Waals surface area contributed by atoms with Gasteiger partial charge in [-0.15, -0.1) is 0 Å². The molecule has 19 heteroatoms. The fourth-order valence-corrected chi connectivity index (χ4v) is 9.05. The molecule has 17 nitrogen and oxygen atoms in total. The van der Waals surface area contributed by atoms with Crippen LogP contribution >= 0.6 is 0 Å². The summed E-state index contributed by atoms with van der Waals surface area (Å²) in [5.74, 6) is -5.11. The van der Waals surface area contributed by atoms with Crippen LogP contribution in [0.25, 0.3) is 0 Å². The smallest absolute Gasteiger partial charge is 0.342 e. The number of fused-ring (bicyclic) bond motifs is 1. The van der Waals surface area contributed by atoms with E-state index in [0.717, 1.165) is 94.9 Å². The van der Waals surface area contributed by atoms with Crippen LogP contribution < -0.4 is 40.8 Å². The summed E-state index contributed by atoms with van der Waals surface area (Å²) < 4.78 is 35.7. The van der Waals surface area contributed by atoms with Crippen LogP contribution in [0.5, 0.6) is 5.75 Å². The summed E-state index contributed by atoms with van der Waals surface area (Å²) >= 11 is 0. The molecule has 0 bridgehead atoms. The predicted molar refractivity (Wildman–Crippen MR) is 227 cm³/mol. The molecule has 5 aliphatic rings. The lowest BCUT2D eigenvalue weighted by atomic mass is 10.0. The van der Waals surface area contributed by atoms with Gasteiger partial charge < -0.3 is 30.1 Å². The lowest BCUT2D eigenvalue weighted by Crippen LogP contribution is -2.52. The van der Waals surface area contributed by atoms with Gasteiger partial charge in [0.25, 0.3) is 17.7 Å². The molecular weight excluding hydrogens is 805 g/mol. The molecule has 5 heterocycles. The topological polar surface area (TPSA) is 185 Å². The quantitative estimate of drug-likeness (QED) is 0.195. The summed E-state index contributed by atoms with van der Waals surface area (Å²) in [6.45, 7) is 5.02. The van der Waals surface area contributed by atoms with Crippen molar-refractivity contribution in [1.29, 1.82) is 0 Å². The van der Waals surface area contributed by atoms with E-state index < -0.39 is 30.3 Å². The maximum absolute atomic E-state index is 15.0. The normalized spacial score (nSPS) is 22.3. The Morgan fingerprint density at radius 3 is 2.48 bits per heavy atom. The van der Waals surface area contributed by atoms with E-state index in [1.807, 2.05) is 23.2 Å². The van der Waals surface area contributed by atoms with Crippen LogP contribution in [0, 0.1) is 5.92 Å². The molecule has 0 radical (unpaired) electrons. The number of nitrogens with zero attached hydrogens (tertiary/aromatic N) is 7. The summed E-state index contributed by atoms with van der Waals surface area (Å²) in [7, 11) is 2.80. The number of carbonyl (C=O) groups excluding carboxylic acids is 5.